The first-order chi connectivity index (χ1) is 9.77. The first-order valence-electron chi connectivity index (χ1n) is 8.30. The smallest absolute Gasteiger partial charge is 0.307 e. The molecule has 0 aliphatic heterocycles. The molecule has 0 radical (unpaired) electrons. The van der Waals surface area contributed by atoms with Gasteiger partial charge in [0.15, 0.2) is 0 Å². The van der Waals surface area contributed by atoms with Crippen LogP contribution in [0.25, 0.3) is 0 Å². The molecule has 5 unspecified atom stereocenters. The topological polar surface area (TPSA) is 66.4 Å². The summed E-state index contributed by atoms with van der Waals surface area (Å²) in [6, 6.07) is 0.216. The minimum Gasteiger partial charge on any atom is -0.481 e. The monoisotopic (exact) mass is 293 g/mol. The molecule has 3 fully saturated rings. The summed E-state index contributed by atoms with van der Waals surface area (Å²) in [5.74, 6) is -0.953. The van der Waals surface area contributed by atoms with Gasteiger partial charge in [-0.15, -0.1) is 0 Å². The van der Waals surface area contributed by atoms with Crippen LogP contribution in [0.3, 0.4) is 0 Å². The number of carbonyl (C=O) groups excluding carboxylic acids is 1. The predicted molar refractivity (Wildman–Crippen MR) is 79.6 cm³/mol. The average Bonchev–Trinajstić information content (AvgIpc) is 3.01. The minimum atomic E-state index is -0.813. The van der Waals surface area contributed by atoms with Crippen molar-refractivity contribution in [2.75, 3.05) is 0 Å². The van der Waals surface area contributed by atoms with Gasteiger partial charge in [-0.3, -0.25) is 9.59 Å². The first-order valence-corrected chi connectivity index (χ1v) is 8.30. The Morgan fingerprint density at radius 3 is 2.29 bits per heavy atom. The fourth-order valence-corrected chi connectivity index (χ4v) is 5.27. The van der Waals surface area contributed by atoms with E-state index in [0.717, 1.165) is 19.3 Å². The molecule has 2 bridgehead atoms. The van der Waals surface area contributed by atoms with Crippen molar-refractivity contribution in [3.05, 3.63) is 0 Å². The molecule has 0 aromatic rings. The molecule has 0 aromatic heterocycles. The van der Waals surface area contributed by atoms with E-state index in [9.17, 15) is 14.7 Å². The maximum atomic E-state index is 12.6. The number of hydrogen-bond acceptors (Lipinski definition) is 2. The highest BCUT2D eigenvalue weighted by Crippen LogP contribution is 2.65. The summed E-state index contributed by atoms with van der Waals surface area (Å²) in [5.41, 5.74) is 0.428. The van der Waals surface area contributed by atoms with Crippen molar-refractivity contribution in [1.29, 1.82) is 0 Å². The van der Waals surface area contributed by atoms with Crippen LogP contribution in [0.4, 0.5) is 0 Å². The Balaban J connectivity index is 1.71. The third-order valence-corrected chi connectivity index (χ3v) is 7.28. The molecule has 0 saturated heterocycles. The van der Waals surface area contributed by atoms with Crippen molar-refractivity contribution in [2.45, 2.75) is 65.3 Å². The van der Waals surface area contributed by atoms with Crippen LogP contribution in [0.2, 0.25) is 0 Å². The second-order valence-electron chi connectivity index (χ2n) is 8.15. The van der Waals surface area contributed by atoms with Crippen molar-refractivity contribution in [3.63, 3.8) is 0 Å². The van der Waals surface area contributed by atoms with Gasteiger partial charge in [0, 0.05) is 6.04 Å². The minimum absolute atomic E-state index is 0.0190. The van der Waals surface area contributed by atoms with Crippen molar-refractivity contribution in [3.8, 4) is 0 Å². The summed E-state index contributed by atoms with van der Waals surface area (Å²) in [6.07, 6.45) is 5.70. The Morgan fingerprint density at radius 1 is 1.10 bits per heavy atom. The van der Waals surface area contributed by atoms with E-state index in [-0.39, 0.29) is 28.7 Å². The van der Waals surface area contributed by atoms with Gasteiger partial charge in [-0.1, -0.05) is 27.2 Å². The van der Waals surface area contributed by atoms with Crippen molar-refractivity contribution in [2.24, 2.45) is 28.6 Å². The average molecular weight is 293 g/mol. The van der Waals surface area contributed by atoms with Gasteiger partial charge in [-0.25, -0.2) is 0 Å². The maximum absolute atomic E-state index is 12.6. The Kier molecular flexibility index (Phi) is 3.34. The number of rotatable bonds is 3. The number of aliphatic carboxylic acids is 1. The van der Waals surface area contributed by atoms with Gasteiger partial charge in [-0.05, 0) is 48.9 Å². The predicted octanol–water partition coefficient (Wildman–Crippen LogP) is 2.82. The van der Waals surface area contributed by atoms with Gasteiger partial charge < -0.3 is 10.4 Å². The molecular weight excluding hydrogens is 266 g/mol. The van der Waals surface area contributed by atoms with Crippen LogP contribution >= 0.6 is 0 Å². The lowest BCUT2D eigenvalue weighted by molar-refractivity contribution is -0.146. The molecule has 0 heterocycles. The summed E-state index contributed by atoms with van der Waals surface area (Å²) in [4.78, 5) is 23.8. The zero-order chi connectivity index (χ0) is 15.4. The summed E-state index contributed by atoms with van der Waals surface area (Å²) >= 11 is 0. The molecule has 4 nitrogen and oxygen atoms in total. The Hall–Kier alpha value is -1.06. The molecular formula is C17H27NO3. The number of carboxylic acids is 1. The van der Waals surface area contributed by atoms with Crippen LogP contribution in [0, 0.1) is 28.6 Å². The molecule has 4 heteroatoms. The van der Waals surface area contributed by atoms with Crippen LogP contribution in [0.1, 0.15) is 59.3 Å². The molecule has 0 aromatic carbocycles. The standard InChI is InChI=1S/C17H27NO3/c1-16(2)10-7-8-17(16,3)13(9-10)18-14(19)11-5-4-6-12(11)15(20)21/h10-13H,4-9H2,1-3H3,(H,18,19)(H,20,21). The lowest BCUT2D eigenvalue weighted by Gasteiger charge is -2.40. The van der Waals surface area contributed by atoms with Crippen LogP contribution in [-0.4, -0.2) is 23.0 Å². The Labute approximate surface area is 126 Å². The van der Waals surface area contributed by atoms with E-state index in [1.54, 1.807) is 0 Å². The third-order valence-electron chi connectivity index (χ3n) is 7.28. The fraction of sp³-hybridized carbons (Fsp3) is 0.882. The SMILES string of the molecule is CC1(C)C2CCC1(C)C(NC(=O)C1CCCC1C(=O)O)C2. The molecule has 3 saturated carbocycles. The number of carbonyl (C=O) groups is 2. The van der Waals surface area contributed by atoms with E-state index in [2.05, 4.69) is 26.1 Å². The summed E-state index contributed by atoms with van der Waals surface area (Å²) in [6.45, 7) is 6.95. The highest BCUT2D eigenvalue weighted by Gasteiger charge is 2.61. The van der Waals surface area contributed by atoms with E-state index in [4.69, 9.17) is 0 Å². The quantitative estimate of drug-likeness (QED) is 0.841. The normalized spacial score (nSPS) is 44.0. The molecule has 5 atom stereocenters. The zero-order valence-corrected chi connectivity index (χ0v) is 13.3. The van der Waals surface area contributed by atoms with Crippen molar-refractivity contribution < 1.29 is 14.7 Å². The van der Waals surface area contributed by atoms with Crippen molar-refractivity contribution in [1.82, 2.24) is 5.32 Å². The highest BCUT2D eigenvalue weighted by molar-refractivity contribution is 5.85. The van der Waals surface area contributed by atoms with Crippen LogP contribution in [-0.2, 0) is 9.59 Å². The molecule has 21 heavy (non-hydrogen) atoms. The number of carboxylic acid groups (broad SMARTS) is 1. The molecule has 1 amide bonds. The maximum Gasteiger partial charge on any atom is 0.307 e. The highest BCUT2D eigenvalue weighted by atomic mass is 16.4. The van der Waals surface area contributed by atoms with Crippen molar-refractivity contribution >= 4 is 11.9 Å². The Bertz CT molecular complexity index is 473. The molecule has 118 valence electrons. The summed E-state index contributed by atoms with van der Waals surface area (Å²) in [5, 5.41) is 12.5. The molecule has 3 aliphatic rings. The van der Waals surface area contributed by atoms with E-state index in [1.807, 2.05) is 0 Å². The van der Waals surface area contributed by atoms with Gasteiger partial charge in [0.05, 0.1) is 11.8 Å². The van der Waals surface area contributed by atoms with Gasteiger partial charge in [0.2, 0.25) is 5.91 Å². The van der Waals surface area contributed by atoms with Gasteiger partial charge in [0.25, 0.3) is 0 Å². The largest absolute Gasteiger partial charge is 0.481 e. The lowest BCUT2D eigenvalue weighted by Crippen LogP contribution is -2.49. The third kappa shape index (κ3) is 2.01. The first kappa shape index (κ1) is 14.9. The molecule has 3 rings (SSSR count). The molecule has 3 aliphatic carbocycles. The Morgan fingerprint density at radius 2 is 1.76 bits per heavy atom. The van der Waals surface area contributed by atoms with Crippen LogP contribution < -0.4 is 5.32 Å². The molecule has 0 spiro atoms. The van der Waals surface area contributed by atoms with E-state index < -0.39 is 11.9 Å². The molecule has 2 N–H and O–H groups in total. The second kappa shape index (κ2) is 4.72. The van der Waals surface area contributed by atoms with Gasteiger partial charge >= 0.3 is 5.97 Å². The van der Waals surface area contributed by atoms with E-state index in [1.165, 1.54) is 12.8 Å². The number of hydrogen-bond donors (Lipinski definition) is 2. The van der Waals surface area contributed by atoms with Crippen LogP contribution in [0.5, 0.6) is 0 Å². The number of nitrogens with one attached hydrogen (secondary N) is 1. The second-order valence-corrected chi connectivity index (χ2v) is 8.15. The zero-order valence-electron chi connectivity index (χ0n) is 13.3. The fourth-order valence-electron chi connectivity index (χ4n) is 5.27. The van der Waals surface area contributed by atoms with E-state index >= 15 is 0 Å². The lowest BCUT2D eigenvalue weighted by atomic mass is 9.69. The summed E-state index contributed by atoms with van der Waals surface area (Å²) in [7, 11) is 0. The van der Waals surface area contributed by atoms with Crippen LogP contribution in [0.15, 0.2) is 0 Å². The van der Waals surface area contributed by atoms with E-state index in [0.29, 0.717) is 12.3 Å². The number of fused-ring (bicyclic) bond motifs is 2. The van der Waals surface area contributed by atoms with Gasteiger partial charge in [0.1, 0.15) is 0 Å². The van der Waals surface area contributed by atoms with Gasteiger partial charge in [-0.2, -0.15) is 0 Å². The number of amides is 1. The summed E-state index contributed by atoms with van der Waals surface area (Å²) < 4.78 is 0.